The number of Topliss-reactive ketones (excluding diaryl/α,β-unsaturated/α-hetero) is 1. The van der Waals surface area contributed by atoms with E-state index in [-0.39, 0.29) is 0 Å². The molecule has 0 aliphatic heterocycles. The van der Waals surface area contributed by atoms with Gasteiger partial charge >= 0.3 is 0 Å². The van der Waals surface area contributed by atoms with Gasteiger partial charge in [-0.3, -0.25) is 4.79 Å². The van der Waals surface area contributed by atoms with Gasteiger partial charge in [-0.2, -0.15) is 0 Å². The lowest BCUT2D eigenvalue weighted by atomic mass is 9.85. The van der Waals surface area contributed by atoms with Crippen molar-refractivity contribution in [2.45, 2.75) is 82.7 Å². The molecule has 104 valence electrons. The van der Waals surface area contributed by atoms with Crippen molar-refractivity contribution in [2.75, 3.05) is 7.11 Å². The third kappa shape index (κ3) is 3.34. The molecule has 2 fully saturated rings. The van der Waals surface area contributed by atoms with Crippen LogP contribution in [-0.2, 0) is 9.53 Å². The van der Waals surface area contributed by atoms with Gasteiger partial charge in [-0.15, -0.1) is 0 Å². The van der Waals surface area contributed by atoms with Crippen LogP contribution in [0.3, 0.4) is 0 Å². The van der Waals surface area contributed by atoms with Crippen LogP contribution in [0.25, 0.3) is 0 Å². The smallest absolute Gasteiger partial charge is 0.164 e. The van der Waals surface area contributed by atoms with Gasteiger partial charge in [0.2, 0.25) is 0 Å². The molecule has 0 saturated heterocycles. The summed E-state index contributed by atoms with van der Waals surface area (Å²) in [5.41, 5.74) is -0.422. The van der Waals surface area contributed by atoms with Crippen molar-refractivity contribution in [3.63, 3.8) is 0 Å². The molecule has 2 aliphatic rings. The van der Waals surface area contributed by atoms with Crippen molar-refractivity contribution in [1.29, 1.82) is 0 Å². The van der Waals surface area contributed by atoms with Gasteiger partial charge in [-0.25, -0.2) is 0 Å². The van der Waals surface area contributed by atoms with Gasteiger partial charge in [0, 0.05) is 13.5 Å². The zero-order chi connectivity index (χ0) is 12.8. The largest absolute Gasteiger partial charge is 0.370 e. The summed E-state index contributed by atoms with van der Waals surface area (Å²) < 4.78 is 5.69. The summed E-state index contributed by atoms with van der Waals surface area (Å²) in [4.78, 5) is 12.5. The average molecular weight is 252 g/mol. The molecular weight excluding hydrogens is 224 g/mol. The molecule has 0 aromatic carbocycles. The molecule has 0 amide bonds. The average Bonchev–Trinajstić information content (AvgIpc) is 2.79. The van der Waals surface area contributed by atoms with Crippen LogP contribution in [0.5, 0.6) is 0 Å². The third-order valence-corrected chi connectivity index (χ3v) is 5.06. The maximum atomic E-state index is 12.5. The van der Waals surface area contributed by atoms with Crippen molar-refractivity contribution in [1.82, 2.24) is 0 Å². The number of methoxy groups -OCH3 is 1. The molecule has 2 saturated carbocycles. The summed E-state index contributed by atoms with van der Waals surface area (Å²) in [7, 11) is 1.73. The van der Waals surface area contributed by atoms with E-state index >= 15 is 0 Å². The predicted octanol–water partition coefficient (Wildman–Crippen LogP) is 4.27. The van der Waals surface area contributed by atoms with E-state index in [0.717, 1.165) is 44.4 Å². The van der Waals surface area contributed by atoms with Crippen molar-refractivity contribution < 1.29 is 9.53 Å². The fraction of sp³-hybridized carbons (Fsp3) is 0.938. The van der Waals surface area contributed by atoms with Gasteiger partial charge in [0.05, 0.1) is 0 Å². The molecule has 2 nitrogen and oxygen atoms in total. The Morgan fingerprint density at radius 2 is 1.67 bits per heavy atom. The Hall–Kier alpha value is -0.370. The molecule has 2 rings (SSSR count). The number of carbonyl (C=O) groups excluding carboxylic acids is 1. The van der Waals surface area contributed by atoms with E-state index in [2.05, 4.69) is 0 Å². The molecular formula is C16H28O2. The van der Waals surface area contributed by atoms with Crippen LogP contribution in [0.2, 0.25) is 0 Å². The molecule has 0 atom stereocenters. The van der Waals surface area contributed by atoms with Crippen LogP contribution in [0, 0.1) is 5.92 Å². The van der Waals surface area contributed by atoms with Crippen LogP contribution in [0.15, 0.2) is 0 Å². The highest BCUT2D eigenvalue weighted by atomic mass is 16.5. The molecule has 0 bridgehead atoms. The maximum Gasteiger partial charge on any atom is 0.164 e. The summed E-state index contributed by atoms with van der Waals surface area (Å²) in [6, 6.07) is 0. The van der Waals surface area contributed by atoms with Gasteiger partial charge < -0.3 is 4.74 Å². The second-order valence-electron chi connectivity index (χ2n) is 6.22. The molecule has 18 heavy (non-hydrogen) atoms. The molecule has 0 unspecified atom stereocenters. The van der Waals surface area contributed by atoms with Gasteiger partial charge in [0.15, 0.2) is 5.78 Å². The zero-order valence-electron chi connectivity index (χ0n) is 11.9. The first kappa shape index (κ1) is 14.0. The van der Waals surface area contributed by atoms with Gasteiger partial charge in [0.25, 0.3) is 0 Å². The highest BCUT2D eigenvalue weighted by Crippen LogP contribution is 2.34. The standard InChI is InChI=1S/C16H28O2/c1-18-16(12-6-2-3-7-13-16)15(17)11-10-14-8-4-5-9-14/h14H,2-13H2,1H3. The summed E-state index contributed by atoms with van der Waals surface area (Å²) in [5, 5.41) is 0. The Labute approximate surface area is 111 Å². The normalized spacial score (nSPS) is 24.9. The predicted molar refractivity (Wildman–Crippen MR) is 73.6 cm³/mol. The Morgan fingerprint density at radius 1 is 1.06 bits per heavy atom. The van der Waals surface area contributed by atoms with E-state index < -0.39 is 5.60 Å². The van der Waals surface area contributed by atoms with Gasteiger partial charge in [-0.1, -0.05) is 51.4 Å². The SMILES string of the molecule is COC1(C(=O)CCC2CCCC2)CCCCCC1. The topological polar surface area (TPSA) is 26.3 Å². The minimum atomic E-state index is -0.422. The lowest BCUT2D eigenvalue weighted by Gasteiger charge is -2.30. The highest BCUT2D eigenvalue weighted by Gasteiger charge is 2.38. The van der Waals surface area contributed by atoms with Crippen LogP contribution in [0.4, 0.5) is 0 Å². The fourth-order valence-corrected chi connectivity index (χ4v) is 3.76. The number of carbonyl (C=O) groups is 1. The van der Waals surface area contributed by atoms with Crippen molar-refractivity contribution in [3.8, 4) is 0 Å². The summed E-state index contributed by atoms with van der Waals surface area (Å²) >= 11 is 0. The quantitative estimate of drug-likeness (QED) is 0.683. The van der Waals surface area contributed by atoms with Crippen molar-refractivity contribution in [2.24, 2.45) is 5.92 Å². The Balaban J connectivity index is 1.86. The molecule has 2 heteroatoms. The summed E-state index contributed by atoms with van der Waals surface area (Å²) in [5.74, 6) is 1.20. The Morgan fingerprint density at radius 3 is 2.22 bits per heavy atom. The van der Waals surface area contributed by atoms with E-state index in [1.807, 2.05) is 0 Å². The van der Waals surface area contributed by atoms with Gasteiger partial charge in [0.1, 0.15) is 5.60 Å². The van der Waals surface area contributed by atoms with E-state index in [1.54, 1.807) is 7.11 Å². The number of hydrogen-bond donors (Lipinski definition) is 0. The number of hydrogen-bond acceptors (Lipinski definition) is 2. The molecule has 0 spiro atoms. The maximum absolute atomic E-state index is 12.5. The number of ketones is 1. The molecule has 0 aromatic rings. The fourth-order valence-electron chi connectivity index (χ4n) is 3.76. The highest BCUT2D eigenvalue weighted by molar-refractivity contribution is 5.87. The monoisotopic (exact) mass is 252 g/mol. The summed E-state index contributed by atoms with van der Waals surface area (Å²) in [6.45, 7) is 0. The lowest BCUT2D eigenvalue weighted by molar-refractivity contribution is -0.143. The molecule has 0 aromatic heterocycles. The second kappa shape index (κ2) is 6.70. The zero-order valence-corrected chi connectivity index (χ0v) is 11.9. The lowest BCUT2D eigenvalue weighted by Crippen LogP contribution is -2.40. The van der Waals surface area contributed by atoms with Crippen LogP contribution >= 0.6 is 0 Å². The Bertz CT molecular complexity index is 258. The molecule has 0 heterocycles. The Kier molecular flexibility index (Phi) is 5.23. The van der Waals surface area contributed by atoms with E-state index in [0.29, 0.717) is 5.78 Å². The van der Waals surface area contributed by atoms with Crippen molar-refractivity contribution >= 4 is 5.78 Å². The summed E-state index contributed by atoms with van der Waals surface area (Å²) in [6.07, 6.45) is 14.0. The first-order valence-corrected chi connectivity index (χ1v) is 7.85. The minimum Gasteiger partial charge on any atom is -0.370 e. The van der Waals surface area contributed by atoms with E-state index in [9.17, 15) is 4.79 Å². The molecule has 0 N–H and O–H groups in total. The molecule has 2 aliphatic carbocycles. The van der Waals surface area contributed by atoms with E-state index in [1.165, 1.54) is 38.5 Å². The number of ether oxygens (including phenoxy) is 1. The number of rotatable bonds is 5. The minimum absolute atomic E-state index is 0.388. The van der Waals surface area contributed by atoms with E-state index in [4.69, 9.17) is 4.74 Å². The van der Waals surface area contributed by atoms with Crippen LogP contribution in [0.1, 0.15) is 77.0 Å². The first-order valence-electron chi connectivity index (χ1n) is 7.85. The van der Waals surface area contributed by atoms with Gasteiger partial charge in [-0.05, 0) is 25.2 Å². The van der Waals surface area contributed by atoms with Crippen molar-refractivity contribution in [3.05, 3.63) is 0 Å². The van der Waals surface area contributed by atoms with Crippen LogP contribution in [-0.4, -0.2) is 18.5 Å². The third-order valence-electron chi connectivity index (χ3n) is 5.06. The first-order chi connectivity index (χ1) is 8.77. The molecule has 0 radical (unpaired) electrons. The van der Waals surface area contributed by atoms with Crippen LogP contribution < -0.4 is 0 Å². The second-order valence-corrected chi connectivity index (χ2v) is 6.22.